The van der Waals surface area contributed by atoms with Gasteiger partial charge in [0.2, 0.25) is 5.91 Å². The second-order valence-electron chi connectivity index (χ2n) is 5.86. The summed E-state index contributed by atoms with van der Waals surface area (Å²) >= 11 is 0. The highest BCUT2D eigenvalue weighted by Crippen LogP contribution is 2.41. The minimum atomic E-state index is -0.526. The smallest absolute Gasteiger partial charge is 0.255 e. The van der Waals surface area contributed by atoms with Gasteiger partial charge in [-0.3, -0.25) is 9.59 Å². The molecule has 1 aliphatic rings. The van der Waals surface area contributed by atoms with Gasteiger partial charge in [0, 0.05) is 17.7 Å². The Kier molecular flexibility index (Phi) is 4.61. The highest BCUT2D eigenvalue weighted by atomic mass is 16.5. The molecule has 1 unspecified atom stereocenters. The van der Waals surface area contributed by atoms with Gasteiger partial charge in [-0.05, 0) is 17.7 Å². The van der Waals surface area contributed by atoms with Gasteiger partial charge < -0.3 is 20.1 Å². The Labute approximate surface area is 146 Å². The number of carbonyl (C=O) groups excluding carboxylic acids is 2. The fraction of sp³-hybridized carbons (Fsp3) is 0.263. The van der Waals surface area contributed by atoms with Crippen molar-refractivity contribution in [2.75, 3.05) is 14.2 Å². The van der Waals surface area contributed by atoms with Crippen LogP contribution in [0.2, 0.25) is 0 Å². The molecule has 2 amide bonds. The zero-order chi connectivity index (χ0) is 18.0. The van der Waals surface area contributed by atoms with Crippen molar-refractivity contribution in [2.24, 2.45) is 5.73 Å². The molecule has 2 N–H and O–H groups in total. The summed E-state index contributed by atoms with van der Waals surface area (Å²) in [5.74, 6) is 0.434. The van der Waals surface area contributed by atoms with Gasteiger partial charge >= 0.3 is 0 Å². The van der Waals surface area contributed by atoms with E-state index in [1.165, 1.54) is 7.11 Å². The first-order chi connectivity index (χ1) is 12.1. The lowest BCUT2D eigenvalue weighted by Gasteiger charge is -2.29. The van der Waals surface area contributed by atoms with Crippen LogP contribution in [-0.2, 0) is 11.3 Å². The van der Waals surface area contributed by atoms with Crippen LogP contribution in [0.1, 0.15) is 33.9 Å². The van der Waals surface area contributed by atoms with E-state index in [0.717, 1.165) is 5.56 Å². The first-order valence-electron chi connectivity index (χ1n) is 7.95. The van der Waals surface area contributed by atoms with E-state index in [4.69, 9.17) is 15.2 Å². The Morgan fingerprint density at radius 2 is 1.92 bits per heavy atom. The molecule has 1 atom stereocenters. The maximum atomic E-state index is 12.8. The predicted molar refractivity (Wildman–Crippen MR) is 92.4 cm³/mol. The Morgan fingerprint density at radius 1 is 1.16 bits per heavy atom. The molecule has 0 fully saturated rings. The third kappa shape index (κ3) is 3.03. The summed E-state index contributed by atoms with van der Waals surface area (Å²) < 4.78 is 10.8. The fourth-order valence-electron chi connectivity index (χ4n) is 3.28. The number of hydrogen-bond acceptors (Lipinski definition) is 4. The van der Waals surface area contributed by atoms with E-state index in [2.05, 4.69) is 0 Å². The van der Waals surface area contributed by atoms with Crippen LogP contribution in [0.4, 0.5) is 0 Å². The molecule has 0 saturated carbocycles. The number of ether oxygens (including phenoxy) is 2. The summed E-state index contributed by atoms with van der Waals surface area (Å²) in [6, 6.07) is 12.3. The lowest BCUT2D eigenvalue weighted by Crippen LogP contribution is -2.32. The second-order valence-corrected chi connectivity index (χ2v) is 5.86. The summed E-state index contributed by atoms with van der Waals surface area (Å²) in [4.78, 5) is 26.2. The summed E-state index contributed by atoms with van der Waals surface area (Å²) in [6.07, 6.45) is 0.00323. The number of nitrogens with two attached hydrogens (primary N) is 1. The van der Waals surface area contributed by atoms with Gasteiger partial charge in [-0.1, -0.05) is 30.3 Å². The van der Waals surface area contributed by atoms with Crippen LogP contribution in [0.3, 0.4) is 0 Å². The quantitative estimate of drug-likeness (QED) is 0.874. The normalized spacial score (nSPS) is 14.2. The molecule has 0 aromatic heterocycles. The second kappa shape index (κ2) is 6.84. The number of amides is 2. The molecule has 6 heteroatoms. The molecule has 0 aliphatic carbocycles. The molecule has 6 nitrogen and oxygen atoms in total. The molecule has 0 saturated heterocycles. The third-order valence-corrected chi connectivity index (χ3v) is 4.41. The Hall–Kier alpha value is -3.02. The number of fused-ring (bicyclic) bond motifs is 1. The average molecular weight is 340 g/mol. The number of para-hydroxylation sites is 1. The molecular formula is C19H20N2O4. The largest absolute Gasteiger partial charge is 0.493 e. The van der Waals surface area contributed by atoms with Gasteiger partial charge in [-0.2, -0.15) is 0 Å². The lowest BCUT2D eigenvalue weighted by molar-refractivity contribution is -0.119. The number of rotatable bonds is 6. The van der Waals surface area contributed by atoms with E-state index in [9.17, 15) is 9.59 Å². The Balaban J connectivity index is 2.06. The molecule has 2 aromatic rings. The van der Waals surface area contributed by atoms with Gasteiger partial charge in [0.05, 0.1) is 26.7 Å². The fourth-order valence-corrected chi connectivity index (χ4v) is 3.28. The van der Waals surface area contributed by atoms with Crippen LogP contribution in [0.15, 0.2) is 42.5 Å². The zero-order valence-electron chi connectivity index (χ0n) is 14.2. The van der Waals surface area contributed by atoms with Gasteiger partial charge in [0.1, 0.15) is 0 Å². The molecular weight excluding hydrogens is 320 g/mol. The highest BCUT2D eigenvalue weighted by Gasteiger charge is 2.35. The van der Waals surface area contributed by atoms with Crippen molar-refractivity contribution < 1.29 is 19.1 Å². The van der Waals surface area contributed by atoms with E-state index in [-0.39, 0.29) is 12.3 Å². The van der Waals surface area contributed by atoms with Crippen molar-refractivity contribution in [3.8, 4) is 11.5 Å². The summed E-state index contributed by atoms with van der Waals surface area (Å²) in [5.41, 5.74) is 7.74. The topological polar surface area (TPSA) is 81.9 Å². The molecule has 0 radical (unpaired) electrons. The SMILES string of the molecule is COc1cccc(C(CC(N)=O)N2Cc3ccccc3C2=O)c1OC. The molecule has 2 aromatic carbocycles. The van der Waals surface area contributed by atoms with E-state index >= 15 is 0 Å². The summed E-state index contributed by atoms with van der Waals surface area (Å²) in [7, 11) is 3.07. The lowest BCUT2D eigenvalue weighted by atomic mass is 10.00. The number of hydrogen-bond donors (Lipinski definition) is 1. The number of benzene rings is 2. The molecule has 0 bridgehead atoms. The van der Waals surface area contributed by atoms with Crippen molar-refractivity contribution in [1.82, 2.24) is 4.90 Å². The van der Waals surface area contributed by atoms with E-state index in [1.54, 1.807) is 30.2 Å². The first-order valence-corrected chi connectivity index (χ1v) is 7.95. The Morgan fingerprint density at radius 3 is 2.56 bits per heavy atom. The van der Waals surface area contributed by atoms with Crippen molar-refractivity contribution >= 4 is 11.8 Å². The number of nitrogens with zero attached hydrogens (tertiary/aromatic N) is 1. The van der Waals surface area contributed by atoms with Gasteiger partial charge in [0.25, 0.3) is 5.91 Å². The van der Waals surface area contributed by atoms with Crippen LogP contribution >= 0.6 is 0 Å². The van der Waals surface area contributed by atoms with Crippen LogP contribution in [-0.4, -0.2) is 30.9 Å². The number of carbonyl (C=O) groups is 2. The highest BCUT2D eigenvalue weighted by molar-refractivity contribution is 5.99. The zero-order valence-corrected chi connectivity index (χ0v) is 14.2. The van der Waals surface area contributed by atoms with Crippen LogP contribution in [0, 0.1) is 0 Å². The number of primary amides is 1. The average Bonchev–Trinajstić information content (AvgIpc) is 2.95. The first kappa shape index (κ1) is 16.8. The van der Waals surface area contributed by atoms with Crippen LogP contribution < -0.4 is 15.2 Å². The van der Waals surface area contributed by atoms with E-state index < -0.39 is 11.9 Å². The molecule has 0 spiro atoms. The molecule has 130 valence electrons. The van der Waals surface area contributed by atoms with Crippen molar-refractivity contribution in [1.29, 1.82) is 0 Å². The summed E-state index contributed by atoms with van der Waals surface area (Å²) in [5, 5.41) is 0. The molecule has 1 heterocycles. The number of methoxy groups -OCH3 is 2. The van der Waals surface area contributed by atoms with Gasteiger partial charge in [0.15, 0.2) is 11.5 Å². The molecule has 25 heavy (non-hydrogen) atoms. The van der Waals surface area contributed by atoms with Gasteiger partial charge in [-0.15, -0.1) is 0 Å². The van der Waals surface area contributed by atoms with Crippen LogP contribution in [0.5, 0.6) is 11.5 Å². The maximum absolute atomic E-state index is 12.8. The standard InChI is InChI=1S/C19H20N2O4/c1-24-16-9-5-8-14(18(16)25-2)15(10-17(20)22)21-11-12-6-3-4-7-13(12)19(21)23/h3-9,15H,10-11H2,1-2H3,(H2,20,22). The third-order valence-electron chi connectivity index (χ3n) is 4.41. The summed E-state index contributed by atoms with van der Waals surface area (Å²) in [6.45, 7) is 0.424. The minimum absolute atomic E-state index is 0.00323. The minimum Gasteiger partial charge on any atom is -0.493 e. The van der Waals surface area contributed by atoms with Crippen LogP contribution in [0.25, 0.3) is 0 Å². The van der Waals surface area contributed by atoms with Crippen molar-refractivity contribution in [3.63, 3.8) is 0 Å². The van der Waals surface area contributed by atoms with Crippen molar-refractivity contribution in [2.45, 2.75) is 19.0 Å². The van der Waals surface area contributed by atoms with Crippen molar-refractivity contribution in [3.05, 3.63) is 59.2 Å². The molecule has 3 rings (SSSR count). The monoisotopic (exact) mass is 340 g/mol. The predicted octanol–water partition coefficient (Wildman–Crippen LogP) is 2.28. The maximum Gasteiger partial charge on any atom is 0.255 e. The van der Waals surface area contributed by atoms with E-state index in [0.29, 0.717) is 29.2 Å². The van der Waals surface area contributed by atoms with Gasteiger partial charge in [-0.25, -0.2) is 0 Å². The molecule has 1 aliphatic heterocycles. The van der Waals surface area contributed by atoms with E-state index in [1.807, 2.05) is 24.3 Å². The Bertz CT molecular complexity index is 819.